The highest BCUT2D eigenvalue weighted by Crippen LogP contribution is 2.30. The van der Waals surface area contributed by atoms with E-state index in [9.17, 15) is 14.9 Å². The Bertz CT molecular complexity index is 541. The average Bonchev–Trinajstić information content (AvgIpc) is 2.47. The zero-order valence-corrected chi connectivity index (χ0v) is 11.7. The van der Waals surface area contributed by atoms with Crippen LogP contribution in [-0.4, -0.2) is 42.1 Å². The summed E-state index contributed by atoms with van der Waals surface area (Å²) in [7, 11) is 1.52. The number of nitro benzene ring substituents is 1. The highest BCUT2D eigenvalue weighted by atomic mass is 16.6. The van der Waals surface area contributed by atoms with Crippen LogP contribution in [0, 0.1) is 10.1 Å². The Kier molecular flexibility index (Phi) is 4.46. The highest BCUT2D eigenvalue weighted by Gasteiger charge is 2.22. The molecule has 0 saturated carbocycles. The van der Waals surface area contributed by atoms with E-state index in [1.807, 2.05) is 0 Å². The van der Waals surface area contributed by atoms with Gasteiger partial charge in [-0.1, -0.05) is 0 Å². The Morgan fingerprint density at radius 2 is 2.14 bits per heavy atom. The van der Waals surface area contributed by atoms with Crippen LogP contribution in [0.25, 0.3) is 0 Å². The number of hydrogen-bond acceptors (Lipinski definition) is 5. The molecule has 114 valence electrons. The fourth-order valence-corrected chi connectivity index (χ4v) is 2.39. The third-order valence-electron chi connectivity index (χ3n) is 3.56. The number of piperidine rings is 1. The molecule has 0 radical (unpaired) electrons. The van der Waals surface area contributed by atoms with Crippen LogP contribution in [-0.2, 0) is 0 Å². The molecule has 0 unspecified atom stereocenters. The Hall–Kier alpha value is -2.51. The van der Waals surface area contributed by atoms with Gasteiger partial charge in [0.15, 0.2) is 0 Å². The van der Waals surface area contributed by atoms with Crippen LogP contribution in [0.3, 0.4) is 0 Å². The second-order valence-electron chi connectivity index (χ2n) is 4.89. The van der Waals surface area contributed by atoms with Gasteiger partial charge in [-0.05, 0) is 18.9 Å². The molecule has 3 N–H and O–H groups in total. The number of nitrogens with zero attached hydrogens (tertiary/aromatic N) is 2. The second-order valence-corrected chi connectivity index (χ2v) is 4.89. The summed E-state index contributed by atoms with van der Waals surface area (Å²) in [5.74, 6) is 0.554. The molecule has 0 aliphatic carbocycles. The second kappa shape index (κ2) is 6.29. The van der Waals surface area contributed by atoms with Crippen molar-refractivity contribution < 1.29 is 14.5 Å². The predicted molar refractivity (Wildman–Crippen MR) is 77.4 cm³/mol. The summed E-state index contributed by atoms with van der Waals surface area (Å²) in [6, 6.07) is 4.13. The summed E-state index contributed by atoms with van der Waals surface area (Å²) in [5, 5.41) is 14.1. The quantitative estimate of drug-likeness (QED) is 0.646. The van der Waals surface area contributed by atoms with Gasteiger partial charge < -0.3 is 20.7 Å². The Morgan fingerprint density at radius 1 is 1.48 bits per heavy atom. The van der Waals surface area contributed by atoms with E-state index in [4.69, 9.17) is 10.5 Å². The number of methoxy groups -OCH3 is 1. The number of carbonyl (C=O) groups excluding carboxylic acids is 1. The van der Waals surface area contributed by atoms with Crippen molar-refractivity contribution >= 4 is 17.4 Å². The molecule has 1 aliphatic heterocycles. The molecule has 1 aromatic carbocycles. The van der Waals surface area contributed by atoms with Gasteiger partial charge >= 0.3 is 6.03 Å². The molecule has 2 rings (SSSR count). The molecular formula is C13H18N4O4. The predicted octanol–water partition coefficient (Wildman–Crippen LogP) is 1.56. The standard InChI is InChI=1S/C13H18N4O4/c1-21-12-3-2-10(17(19)20)8-11(12)15-9-4-6-16(7-5-9)13(14)18/h2-3,8-9,15H,4-7H2,1H3,(H2,14,18). The molecule has 8 heteroatoms. The molecule has 8 nitrogen and oxygen atoms in total. The number of urea groups is 1. The summed E-state index contributed by atoms with van der Waals surface area (Å²) in [6.45, 7) is 1.15. The lowest BCUT2D eigenvalue weighted by molar-refractivity contribution is -0.384. The van der Waals surface area contributed by atoms with Gasteiger partial charge in [-0.3, -0.25) is 10.1 Å². The zero-order valence-electron chi connectivity index (χ0n) is 11.7. The number of anilines is 1. The average molecular weight is 294 g/mol. The van der Waals surface area contributed by atoms with Crippen LogP contribution in [0.1, 0.15) is 12.8 Å². The number of primary amides is 1. The molecular weight excluding hydrogens is 276 g/mol. The van der Waals surface area contributed by atoms with Crippen LogP contribution >= 0.6 is 0 Å². The number of nitro groups is 1. The Labute approximate surface area is 122 Å². The first-order valence-corrected chi connectivity index (χ1v) is 6.64. The van der Waals surface area contributed by atoms with Gasteiger partial charge in [0.1, 0.15) is 5.75 Å². The van der Waals surface area contributed by atoms with E-state index in [0.29, 0.717) is 24.5 Å². The van der Waals surface area contributed by atoms with Gasteiger partial charge in [0.2, 0.25) is 0 Å². The van der Waals surface area contributed by atoms with Crippen LogP contribution in [0.15, 0.2) is 18.2 Å². The number of hydrogen-bond donors (Lipinski definition) is 2. The van der Waals surface area contributed by atoms with Gasteiger partial charge in [-0.15, -0.1) is 0 Å². The molecule has 1 aromatic rings. The fourth-order valence-electron chi connectivity index (χ4n) is 2.39. The first-order valence-electron chi connectivity index (χ1n) is 6.64. The minimum absolute atomic E-state index is 0.00729. The fraction of sp³-hybridized carbons (Fsp3) is 0.462. The molecule has 1 fully saturated rings. The number of rotatable bonds is 4. The number of carbonyl (C=O) groups is 1. The molecule has 0 bridgehead atoms. The van der Waals surface area contributed by atoms with E-state index in [-0.39, 0.29) is 11.7 Å². The van der Waals surface area contributed by atoms with Crippen molar-refractivity contribution in [3.05, 3.63) is 28.3 Å². The van der Waals surface area contributed by atoms with Crippen molar-refractivity contribution in [3.8, 4) is 5.75 Å². The van der Waals surface area contributed by atoms with Gasteiger partial charge in [-0.2, -0.15) is 0 Å². The minimum Gasteiger partial charge on any atom is -0.495 e. The van der Waals surface area contributed by atoms with Gasteiger partial charge in [0, 0.05) is 31.3 Å². The van der Waals surface area contributed by atoms with Gasteiger partial charge in [0.25, 0.3) is 5.69 Å². The first-order chi connectivity index (χ1) is 10.0. The third-order valence-corrected chi connectivity index (χ3v) is 3.56. The zero-order chi connectivity index (χ0) is 15.4. The molecule has 1 aliphatic rings. The third kappa shape index (κ3) is 3.53. The number of likely N-dealkylation sites (tertiary alicyclic amines) is 1. The van der Waals surface area contributed by atoms with Crippen LogP contribution in [0.2, 0.25) is 0 Å². The lowest BCUT2D eigenvalue weighted by Crippen LogP contribution is -2.44. The molecule has 0 aromatic heterocycles. The smallest absolute Gasteiger partial charge is 0.314 e. The largest absolute Gasteiger partial charge is 0.495 e. The molecule has 2 amide bonds. The molecule has 21 heavy (non-hydrogen) atoms. The maximum Gasteiger partial charge on any atom is 0.314 e. The highest BCUT2D eigenvalue weighted by molar-refractivity contribution is 5.72. The molecule has 1 heterocycles. The summed E-state index contributed by atoms with van der Waals surface area (Å²) in [4.78, 5) is 23.1. The Morgan fingerprint density at radius 3 is 2.67 bits per heavy atom. The number of amides is 2. The molecule has 0 spiro atoms. The lowest BCUT2D eigenvalue weighted by atomic mass is 10.0. The van der Waals surface area contributed by atoms with Crippen molar-refractivity contribution in [2.45, 2.75) is 18.9 Å². The molecule has 0 atom stereocenters. The van der Waals surface area contributed by atoms with Crippen LogP contribution in [0.4, 0.5) is 16.2 Å². The lowest BCUT2D eigenvalue weighted by Gasteiger charge is -2.32. The number of nitrogens with two attached hydrogens (primary N) is 1. The van der Waals surface area contributed by atoms with Crippen molar-refractivity contribution in [1.82, 2.24) is 4.90 Å². The topological polar surface area (TPSA) is 111 Å². The van der Waals surface area contributed by atoms with E-state index in [0.717, 1.165) is 12.8 Å². The number of ether oxygens (including phenoxy) is 1. The number of nitrogens with one attached hydrogen (secondary N) is 1. The number of benzene rings is 1. The summed E-state index contributed by atoms with van der Waals surface area (Å²) in [5.41, 5.74) is 5.83. The van der Waals surface area contributed by atoms with E-state index in [1.54, 1.807) is 11.0 Å². The van der Waals surface area contributed by atoms with Crippen molar-refractivity contribution in [2.75, 3.05) is 25.5 Å². The number of non-ortho nitro benzene ring substituents is 1. The summed E-state index contributed by atoms with van der Waals surface area (Å²) < 4.78 is 5.21. The van der Waals surface area contributed by atoms with Gasteiger partial charge in [-0.25, -0.2) is 4.79 Å². The maximum absolute atomic E-state index is 11.1. The van der Waals surface area contributed by atoms with Crippen molar-refractivity contribution in [1.29, 1.82) is 0 Å². The summed E-state index contributed by atoms with van der Waals surface area (Å²) in [6.07, 6.45) is 1.46. The first kappa shape index (κ1) is 14.9. The van der Waals surface area contributed by atoms with E-state index in [1.165, 1.54) is 19.2 Å². The monoisotopic (exact) mass is 294 g/mol. The Balaban J connectivity index is 2.07. The van der Waals surface area contributed by atoms with Gasteiger partial charge in [0.05, 0.1) is 17.7 Å². The van der Waals surface area contributed by atoms with E-state index >= 15 is 0 Å². The van der Waals surface area contributed by atoms with Crippen molar-refractivity contribution in [3.63, 3.8) is 0 Å². The normalized spacial score (nSPS) is 15.6. The SMILES string of the molecule is COc1ccc([N+](=O)[O-])cc1NC1CCN(C(N)=O)CC1. The summed E-state index contributed by atoms with van der Waals surface area (Å²) >= 11 is 0. The minimum atomic E-state index is -0.444. The maximum atomic E-state index is 11.1. The van der Waals surface area contributed by atoms with Crippen LogP contribution < -0.4 is 15.8 Å². The molecule has 1 saturated heterocycles. The van der Waals surface area contributed by atoms with E-state index in [2.05, 4.69) is 5.32 Å². The van der Waals surface area contributed by atoms with Crippen LogP contribution in [0.5, 0.6) is 5.75 Å². The van der Waals surface area contributed by atoms with E-state index < -0.39 is 11.0 Å². The van der Waals surface area contributed by atoms with Crippen molar-refractivity contribution in [2.24, 2.45) is 5.73 Å².